The van der Waals surface area contributed by atoms with Crippen molar-refractivity contribution in [1.82, 2.24) is 5.32 Å². The molecule has 1 saturated heterocycles. The van der Waals surface area contributed by atoms with Crippen molar-refractivity contribution in [2.75, 3.05) is 7.11 Å². The number of methoxy groups -OCH3 is 1. The van der Waals surface area contributed by atoms with Crippen molar-refractivity contribution in [2.24, 2.45) is 10.2 Å². The zero-order chi connectivity index (χ0) is 13.0. The maximum absolute atomic E-state index is 11.2. The number of hydrogen-bond acceptors (Lipinski definition) is 5. The molecule has 0 aliphatic carbocycles. The number of hydrogen-bond donors (Lipinski definition) is 1. The minimum Gasteiger partial charge on any atom is -0.496 e. The molecule has 1 N–H and O–H groups in total. The predicted molar refractivity (Wildman–Crippen MR) is 73.2 cm³/mol. The zero-order valence-corrected chi connectivity index (χ0v) is 10.9. The lowest BCUT2D eigenvalue weighted by Gasteiger charge is -2.01. The molecule has 6 heteroatoms. The second kappa shape index (κ2) is 5.68. The van der Waals surface area contributed by atoms with Gasteiger partial charge in [0.1, 0.15) is 5.75 Å². The van der Waals surface area contributed by atoms with Crippen molar-refractivity contribution in [1.29, 1.82) is 0 Å². The lowest BCUT2D eigenvalue weighted by Crippen LogP contribution is -2.23. The minimum atomic E-state index is -0.106. The summed E-state index contributed by atoms with van der Waals surface area (Å²) >= 11 is 1.36. The molecule has 1 aromatic rings. The molecule has 1 aliphatic rings. The summed E-state index contributed by atoms with van der Waals surface area (Å²) in [6, 6.07) is 7.51. The molecule has 0 radical (unpaired) electrons. The second-order valence-electron chi connectivity index (χ2n) is 3.64. The lowest BCUT2D eigenvalue weighted by atomic mass is 10.2. The van der Waals surface area contributed by atoms with Crippen LogP contribution in [-0.4, -0.2) is 29.6 Å². The summed E-state index contributed by atoms with van der Waals surface area (Å²) in [5.74, 6) is 0.698. The van der Waals surface area contributed by atoms with Crippen LogP contribution in [0.2, 0.25) is 0 Å². The molecule has 1 heterocycles. The molecule has 0 aromatic heterocycles. The molecule has 94 valence electrons. The van der Waals surface area contributed by atoms with Gasteiger partial charge in [-0.1, -0.05) is 23.9 Å². The Morgan fingerprint density at radius 2 is 2.22 bits per heavy atom. The van der Waals surface area contributed by atoms with E-state index < -0.39 is 0 Å². The molecule has 1 aromatic carbocycles. The summed E-state index contributed by atoms with van der Waals surface area (Å²) in [4.78, 5) is 11.2. The number of ether oxygens (including phenoxy) is 1. The van der Waals surface area contributed by atoms with Crippen molar-refractivity contribution >= 4 is 29.1 Å². The fourth-order valence-corrected chi connectivity index (χ4v) is 2.18. The van der Waals surface area contributed by atoms with Gasteiger partial charge in [-0.3, -0.25) is 4.79 Å². The van der Waals surface area contributed by atoms with Crippen molar-refractivity contribution in [3.8, 4) is 5.75 Å². The Labute approximate surface area is 109 Å². The highest BCUT2D eigenvalue weighted by Crippen LogP contribution is 2.18. The fourth-order valence-electron chi connectivity index (χ4n) is 1.42. The van der Waals surface area contributed by atoms with Crippen LogP contribution < -0.4 is 10.1 Å². The summed E-state index contributed by atoms with van der Waals surface area (Å²) in [7, 11) is 1.60. The van der Waals surface area contributed by atoms with E-state index in [0.29, 0.717) is 5.17 Å². The Morgan fingerprint density at radius 1 is 1.44 bits per heavy atom. The maximum Gasteiger partial charge on any atom is 0.239 e. The molecule has 18 heavy (non-hydrogen) atoms. The largest absolute Gasteiger partial charge is 0.496 e. The average molecular weight is 263 g/mol. The molecular formula is C12H13N3O2S. The summed E-state index contributed by atoms with van der Waals surface area (Å²) in [5, 5.41) is 11.0. The summed E-state index contributed by atoms with van der Waals surface area (Å²) in [5.41, 5.74) is 0.840. The molecule has 2 rings (SSSR count). The molecule has 1 amide bonds. The number of rotatable bonds is 3. The van der Waals surface area contributed by atoms with Crippen LogP contribution in [0.5, 0.6) is 5.75 Å². The molecule has 5 nitrogen and oxygen atoms in total. The van der Waals surface area contributed by atoms with Crippen LogP contribution >= 0.6 is 11.8 Å². The number of benzene rings is 1. The molecule has 1 unspecified atom stereocenters. The van der Waals surface area contributed by atoms with Crippen LogP contribution in [0.3, 0.4) is 0 Å². The lowest BCUT2D eigenvalue weighted by molar-refractivity contribution is -0.118. The van der Waals surface area contributed by atoms with Crippen molar-refractivity contribution in [2.45, 2.75) is 12.2 Å². The van der Waals surface area contributed by atoms with Crippen molar-refractivity contribution in [3.63, 3.8) is 0 Å². The Bertz CT molecular complexity index is 514. The van der Waals surface area contributed by atoms with Gasteiger partial charge in [0, 0.05) is 5.56 Å². The maximum atomic E-state index is 11.2. The minimum absolute atomic E-state index is 0.0359. The van der Waals surface area contributed by atoms with Crippen LogP contribution in [0.25, 0.3) is 0 Å². The number of amidine groups is 1. The number of carbonyl (C=O) groups is 1. The standard InChI is InChI=1S/C12H13N3O2S/c1-8-11(16)14-12(18-8)15-13-7-9-5-3-4-6-10(9)17-2/h3-8H,1-2H3,(H,14,15,16). The number of nitrogens with zero attached hydrogens (tertiary/aromatic N) is 2. The molecule has 0 saturated carbocycles. The van der Waals surface area contributed by atoms with Crippen LogP contribution in [0, 0.1) is 0 Å². The first kappa shape index (κ1) is 12.6. The van der Waals surface area contributed by atoms with E-state index in [2.05, 4.69) is 15.5 Å². The van der Waals surface area contributed by atoms with E-state index in [9.17, 15) is 4.79 Å². The van der Waals surface area contributed by atoms with Crippen LogP contribution in [0.15, 0.2) is 34.5 Å². The summed E-state index contributed by atoms with van der Waals surface area (Å²) in [6.45, 7) is 1.83. The molecule has 1 fully saturated rings. The monoisotopic (exact) mass is 263 g/mol. The van der Waals surface area contributed by atoms with Gasteiger partial charge in [-0.25, -0.2) is 0 Å². The van der Waals surface area contributed by atoms with E-state index in [1.54, 1.807) is 13.3 Å². The Hall–Kier alpha value is -1.82. The van der Waals surface area contributed by atoms with Gasteiger partial charge in [0.2, 0.25) is 5.91 Å². The normalized spacial score (nSPS) is 21.6. The molecule has 1 aliphatic heterocycles. The van der Waals surface area contributed by atoms with E-state index >= 15 is 0 Å². The van der Waals surface area contributed by atoms with Gasteiger partial charge in [-0.2, -0.15) is 5.10 Å². The van der Waals surface area contributed by atoms with Crippen LogP contribution in [0.1, 0.15) is 12.5 Å². The Morgan fingerprint density at radius 3 is 2.89 bits per heavy atom. The molecule has 0 spiro atoms. The fraction of sp³-hybridized carbons (Fsp3) is 0.250. The zero-order valence-electron chi connectivity index (χ0n) is 10.1. The number of amides is 1. The van der Waals surface area contributed by atoms with Crippen molar-refractivity contribution < 1.29 is 9.53 Å². The topological polar surface area (TPSA) is 63.1 Å². The van der Waals surface area contributed by atoms with E-state index in [4.69, 9.17) is 4.74 Å². The van der Waals surface area contributed by atoms with Crippen molar-refractivity contribution in [3.05, 3.63) is 29.8 Å². The highest BCUT2D eigenvalue weighted by molar-refractivity contribution is 8.15. The third-order valence-corrected chi connectivity index (χ3v) is 3.35. The van der Waals surface area contributed by atoms with Gasteiger partial charge >= 0.3 is 0 Å². The summed E-state index contributed by atoms with van der Waals surface area (Å²) in [6.07, 6.45) is 1.60. The van der Waals surface area contributed by atoms with E-state index in [1.807, 2.05) is 31.2 Å². The Balaban J connectivity index is 2.08. The summed E-state index contributed by atoms with van der Waals surface area (Å²) < 4.78 is 5.19. The average Bonchev–Trinajstić information content (AvgIpc) is 2.69. The van der Waals surface area contributed by atoms with Gasteiger partial charge < -0.3 is 10.1 Å². The molecular weight excluding hydrogens is 250 g/mol. The third kappa shape index (κ3) is 2.89. The highest BCUT2D eigenvalue weighted by atomic mass is 32.2. The highest BCUT2D eigenvalue weighted by Gasteiger charge is 2.25. The molecule has 0 bridgehead atoms. The second-order valence-corrected chi connectivity index (χ2v) is 4.97. The van der Waals surface area contributed by atoms with Gasteiger partial charge in [0.25, 0.3) is 0 Å². The van der Waals surface area contributed by atoms with Gasteiger partial charge in [-0.05, 0) is 19.1 Å². The number of thioether (sulfide) groups is 1. The number of carbonyl (C=O) groups excluding carboxylic acids is 1. The predicted octanol–water partition coefficient (Wildman–Crippen LogP) is 1.64. The quantitative estimate of drug-likeness (QED) is 0.666. The SMILES string of the molecule is COc1ccccc1C=N/N=C1\NC(=O)C(C)S1. The number of nitrogens with one attached hydrogen (secondary N) is 1. The third-order valence-electron chi connectivity index (χ3n) is 2.37. The van der Waals surface area contributed by atoms with Crippen LogP contribution in [-0.2, 0) is 4.79 Å². The van der Waals surface area contributed by atoms with E-state index in [-0.39, 0.29) is 11.2 Å². The van der Waals surface area contributed by atoms with E-state index in [1.165, 1.54) is 11.8 Å². The van der Waals surface area contributed by atoms with Gasteiger partial charge in [0.05, 0.1) is 18.6 Å². The number of para-hydroxylation sites is 1. The Kier molecular flexibility index (Phi) is 3.99. The molecule has 1 atom stereocenters. The van der Waals surface area contributed by atoms with E-state index in [0.717, 1.165) is 11.3 Å². The smallest absolute Gasteiger partial charge is 0.239 e. The first-order valence-electron chi connectivity index (χ1n) is 5.42. The van der Waals surface area contributed by atoms with Gasteiger partial charge in [0.15, 0.2) is 5.17 Å². The van der Waals surface area contributed by atoms with Gasteiger partial charge in [-0.15, -0.1) is 5.10 Å². The van der Waals surface area contributed by atoms with Crippen LogP contribution in [0.4, 0.5) is 0 Å². The first-order valence-corrected chi connectivity index (χ1v) is 6.30. The first-order chi connectivity index (χ1) is 8.70.